The van der Waals surface area contributed by atoms with Gasteiger partial charge in [0.1, 0.15) is 0 Å². The van der Waals surface area contributed by atoms with Crippen molar-refractivity contribution < 1.29 is 9.59 Å². The van der Waals surface area contributed by atoms with Gasteiger partial charge in [0.25, 0.3) is 0 Å². The third-order valence-electron chi connectivity index (χ3n) is 3.46. The van der Waals surface area contributed by atoms with Crippen LogP contribution >= 0.6 is 0 Å². The molecule has 0 aliphatic rings. The van der Waals surface area contributed by atoms with E-state index in [1.54, 1.807) is 13.1 Å². The Morgan fingerprint density at radius 2 is 1.95 bits per heavy atom. The molecule has 0 saturated heterocycles. The summed E-state index contributed by atoms with van der Waals surface area (Å²) in [6.07, 6.45) is 1.07. The molecule has 0 saturated carbocycles. The maximum atomic E-state index is 12.1. The average molecular weight is 277 g/mol. The molecule has 2 amide bonds. The Balaban J connectivity index is 2.82. The minimum absolute atomic E-state index is 0.0991. The molecule has 1 rings (SSSR count). The van der Waals surface area contributed by atoms with Gasteiger partial charge in [-0.25, -0.2) is 0 Å². The van der Waals surface area contributed by atoms with Crippen LogP contribution in [0.1, 0.15) is 25.8 Å². The Kier molecular flexibility index (Phi) is 6.18. The summed E-state index contributed by atoms with van der Waals surface area (Å²) in [7, 11) is 1.59. The van der Waals surface area contributed by atoms with Crippen molar-refractivity contribution in [2.75, 3.05) is 12.4 Å². The zero-order valence-electron chi connectivity index (χ0n) is 12.3. The van der Waals surface area contributed by atoms with Gasteiger partial charge in [-0.15, -0.1) is 0 Å². The number of hydrogen-bond donors (Lipinski definition) is 3. The second-order valence-electron chi connectivity index (χ2n) is 4.91. The van der Waals surface area contributed by atoms with Crippen LogP contribution in [0.5, 0.6) is 0 Å². The summed E-state index contributed by atoms with van der Waals surface area (Å²) in [6, 6.07) is 6.70. The van der Waals surface area contributed by atoms with Gasteiger partial charge in [-0.1, -0.05) is 38.5 Å². The molecular formula is C15H23N3O2. The summed E-state index contributed by atoms with van der Waals surface area (Å²) < 4.78 is 0. The molecule has 1 unspecified atom stereocenters. The number of rotatable bonds is 6. The van der Waals surface area contributed by atoms with E-state index in [0.717, 1.165) is 12.0 Å². The molecule has 5 nitrogen and oxygen atoms in total. The molecule has 1 aromatic rings. The lowest BCUT2D eigenvalue weighted by atomic mass is 9.99. The SMILES string of the molecule is CCC(C)[C@H](N)C(=O)Nc1ccccc1CC(=O)NC. The van der Waals surface area contributed by atoms with Gasteiger partial charge >= 0.3 is 0 Å². The van der Waals surface area contributed by atoms with E-state index in [-0.39, 0.29) is 24.2 Å². The lowest BCUT2D eigenvalue weighted by Crippen LogP contribution is -2.40. The smallest absolute Gasteiger partial charge is 0.241 e. The van der Waals surface area contributed by atoms with Crippen LogP contribution in [0, 0.1) is 5.92 Å². The van der Waals surface area contributed by atoms with Crippen LogP contribution in [0.25, 0.3) is 0 Å². The number of nitrogens with two attached hydrogens (primary N) is 1. The van der Waals surface area contributed by atoms with Crippen molar-refractivity contribution in [3.05, 3.63) is 29.8 Å². The van der Waals surface area contributed by atoms with E-state index in [2.05, 4.69) is 10.6 Å². The molecule has 0 radical (unpaired) electrons. The Morgan fingerprint density at radius 1 is 1.30 bits per heavy atom. The highest BCUT2D eigenvalue weighted by atomic mass is 16.2. The molecule has 4 N–H and O–H groups in total. The van der Waals surface area contributed by atoms with Gasteiger partial charge in [0.2, 0.25) is 11.8 Å². The van der Waals surface area contributed by atoms with Gasteiger partial charge in [-0.05, 0) is 17.5 Å². The van der Waals surface area contributed by atoms with Crippen molar-refractivity contribution in [2.45, 2.75) is 32.7 Å². The molecule has 0 heterocycles. The predicted molar refractivity (Wildman–Crippen MR) is 80.3 cm³/mol. The number of para-hydroxylation sites is 1. The first kappa shape index (κ1) is 16.2. The lowest BCUT2D eigenvalue weighted by Gasteiger charge is -2.19. The number of likely N-dealkylation sites (N-methyl/N-ethyl adjacent to an activating group) is 1. The Morgan fingerprint density at radius 3 is 2.55 bits per heavy atom. The Bertz CT molecular complexity index is 474. The highest BCUT2D eigenvalue weighted by molar-refractivity contribution is 5.96. The number of nitrogens with one attached hydrogen (secondary N) is 2. The van der Waals surface area contributed by atoms with Crippen molar-refractivity contribution in [3.8, 4) is 0 Å². The number of carbonyl (C=O) groups is 2. The van der Waals surface area contributed by atoms with E-state index < -0.39 is 6.04 Å². The molecular weight excluding hydrogens is 254 g/mol. The minimum Gasteiger partial charge on any atom is -0.359 e. The predicted octanol–water partition coefficient (Wildman–Crippen LogP) is 1.29. The normalized spacial score (nSPS) is 13.4. The fraction of sp³-hybridized carbons (Fsp3) is 0.467. The monoisotopic (exact) mass is 277 g/mol. The highest BCUT2D eigenvalue weighted by Crippen LogP contribution is 2.17. The number of benzene rings is 1. The third kappa shape index (κ3) is 4.35. The van der Waals surface area contributed by atoms with E-state index >= 15 is 0 Å². The summed E-state index contributed by atoms with van der Waals surface area (Å²) in [5.41, 5.74) is 7.32. The largest absolute Gasteiger partial charge is 0.359 e. The fourth-order valence-corrected chi connectivity index (χ4v) is 1.79. The second-order valence-corrected chi connectivity index (χ2v) is 4.91. The number of hydrogen-bond acceptors (Lipinski definition) is 3. The first-order valence-electron chi connectivity index (χ1n) is 6.84. The first-order chi connectivity index (χ1) is 9.49. The lowest BCUT2D eigenvalue weighted by molar-refractivity contribution is -0.120. The van der Waals surface area contributed by atoms with Gasteiger partial charge in [-0.3, -0.25) is 9.59 Å². The zero-order chi connectivity index (χ0) is 15.1. The van der Waals surface area contributed by atoms with E-state index in [9.17, 15) is 9.59 Å². The van der Waals surface area contributed by atoms with Crippen LogP contribution in [-0.4, -0.2) is 24.9 Å². The average Bonchev–Trinajstić information content (AvgIpc) is 2.47. The maximum absolute atomic E-state index is 12.1. The summed E-state index contributed by atoms with van der Waals surface area (Å²) in [6.45, 7) is 3.94. The van der Waals surface area contributed by atoms with Crippen molar-refractivity contribution in [2.24, 2.45) is 11.7 Å². The van der Waals surface area contributed by atoms with Gasteiger partial charge in [0.15, 0.2) is 0 Å². The summed E-state index contributed by atoms with van der Waals surface area (Å²) in [4.78, 5) is 23.5. The van der Waals surface area contributed by atoms with Crippen molar-refractivity contribution >= 4 is 17.5 Å². The van der Waals surface area contributed by atoms with Gasteiger partial charge in [-0.2, -0.15) is 0 Å². The van der Waals surface area contributed by atoms with Crippen LogP contribution < -0.4 is 16.4 Å². The van der Waals surface area contributed by atoms with Crippen LogP contribution in [0.3, 0.4) is 0 Å². The number of anilines is 1. The molecule has 0 spiro atoms. The maximum Gasteiger partial charge on any atom is 0.241 e. The molecule has 0 bridgehead atoms. The molecule has 0 aromatic heterocycles. The van der Waals surface area contributed by atoms with Crippen LogP contribution in [0.2, 0.25) is 0 Å². The van der Waals surface area contributed by atoms with Crippen LogP contribution in [0.4, 0.5) is 5.69 Å². The molecule has 0 aliphatic heterocycles. The highest BCUT2D eigenvalue weighted by Gasteiger charge is 2.20. The third-order valence-corrected chi connectivity index (χ3v) is 3.46. The topological polar surface area (TPSA) is 84.2 Å². The summed E-state index contributed by atoms with van der Waals surface area (Å²) in [5.74, 6) is -0.206. The molecule has 0 aliphatic carbocycles. The van der Waals surface area contributed by atoms with Gasteiger partial charge in [0.05, 0.1) is 12.5 Å². The van der Waals surface area contributed by atoms with Crippen molar-refractivity contribution in [1.82, 2.24) is 5.32 Å². The Labute approximate surface area is 119 Å². The number of carbonyl (C=O) groups excluding carboxylic acids is 2. The molecule has 0 fully saturated rings. The van der Waals surface area contributed by atoms with E-state index in [1.807, 2.05) is 32.0 Å². The van der Waals surface area contributed by atoms with E-state index in [1.165, 1.54) is 0 Å². The second kappa shape index (κ2) is 7.65. The Hall–Kier alpha value is -1.88. The van der Waals surface area contributed by atoms with Crippen molar-refractivity contribution in [1.29, 1.82) is 0 Å². The standard InChI is InChI=1S/C15H23N3O2/c1-4-10(2)14(16)15(20)18-12-8-6-5-7-11(12)9-13(19)17-3/h5-8,10,14H,4,9,16H2,1-3H3,(H,17,19)(H,18,20)/t10?,14-/m0/s1. The molecule has 110 valence electrons. The van der Waals surface area contributed by atoms with Gasteiger partial charge < -0.3 is 16.4 Å². The molecule has 1 aromatic carbocycles. The van der Waals surface area contributed by atoms with E-state index in [0.29, 0.717) is 5.69 Å². The van der Waals surface area contributed by atoms with E-state index in [4.69, 9.17) is 5.73 Å². The summed E-state index contributed by atoms with van der Waals surface area (Å²) >= 11 is 0. The number of amides is 2. The molecule has 5 heteroatoms. The summed E-state index contributed by atoms with van der Waals surface area (Å²) in [5, 5.41) is 5.38. The van der Waals surface area contributed by atoms with Crippen LogP contribution in [0.15, 0.2) is 24.3 Å². The fourth-order valence-electron chi connectivity index (χ4n) is 1.79. The molecule has 20 heavy (non-hydrogen) atoms. The minimum atomic E-state index is -0.548. The van der Waals surface area contributed by atoms with Crippen LogP contribution in [-0.2, 0) is 16.0 Å². The molecule has 2 atom stereocenters. The van der Waals surface area contributed by atoms with Crippen molar-refractivity contribution in [3.63, 3.8) is 0 Å². The first-order valence-corrected chi connectivity index (χ1v) is 6.84. The van der Waals surface area contributed by atoms with Gasteiger partial charge in [0, 0.05) is 12.7 Å². The zero-order valence-corrected chi connectivity index (χ0v) is 12.3. The quantitative estimate of drug-likeness (QED) is 0.732.